The Balaban J connectivity index is 2.00. The fourth-order valence-electron chi connectivity index (χ4n) is 2.55. The molecule has 112 valence electrons. The van der Waals surface area contributed by atoms with Crippen LogP contribution in [0.25, 0.3) is 0 Å². The standard InChI is InChI=1S/C14H17N3O4/c1-8-13(19)16-14-15-10-3-4-11(21-6-5-18)12(20-2)9(10)7-17(8)14/h3-4,8,18H,5-7H2,1-2H3,(H,15,16,19). The van der Waals surface area contributed by atoms with Gasteiger partial charge in [-0.2, -0.15) is 0 Å². The highest BCUT2D eigenvalue weighted by Crippen LogP contribution is 2.41. The summed E-state index contributed by atoms with van der Waals surface area (Å²) in [5, 5.41) is 11.6. The third-order valence-electron chi connectivity index (χ3n) is 3.66. The lowest BCUT2D eigenvalue weighted by atomic mass is 10.1. The van der Waals surface area contributed by atoms with Crippen LogP contribution < -0.4 is 14.8 Å². The summed E-state index contributed by atoms with van der Waals surface area (Å²) in [7, 11) is 1.57. The molecule has 1 amide bonds. The molecule has 0 aromatic heterocycles. The lowest BCUT2D eigenvalue weighted by Gasteiger charge is -2.27. The molecule has 1 saturated heterocycles. The van der Waals surface area contributed by atoms with Crippen molar-refractivity contribution in [2.45, 2.75) is 19.5 Å². The molecular weight excluding hydrogens is 274 g/mol. The van der Waals surface area contributed by atoms with Gasteiger partial charge in [-0.25, -0.2) is 4.99 Å². The van der Waals surface area contributed by atoms with Crippen molar-refractivity contribution < 1.29 is 19.4 Å². The normalized spacial score (nSPS) is 19.6. The summed E-state index contributed by atoms with van der Waals surface area (Å²) in [5.41, 5.74) is 1.63. The fourth-order valence-corrected chi connectivity index (χ4v) is 2.55. The molecule has 2 aliphatic heterocycles. The number of carbonyl (C=O) groups excluding carboxylic acids is 1. The van der Waals surface area contributed by atoms with Crippen molar-refractivity contribution >= 4 is 17.6 Å². The zero-order chi connectivity index (χ0) is 15.0. The Morgan fingerprint density at radius 1 is 1.52 bits per heavy atom. The van der Waals surface area contributed by atoms with Crippen LogP contribution in [0.4, 0.5) is 5.69 Å². The van der Waals surface area contributed by atoms with Crippen molar-refractivity contribution in [3.8, 4) is 11.5 Å². The zero-order valence-electron chi connectivity index (χ0n) is 11.9. The largest absolute Gasteiger partial charge is 0.492 e. The van der Waals surface area contributed by atoms with Crippen molar-refractivity contribution in [2.24, 2.45) is 4.99 Å². The average Bonchev–Trinajstić information content (AvgIpc) is 2.77. The minimum absolute atomic E-state index is 0.0581. The van der Waals surface area contributed by atoms with Crippen LogP contribution in [0.2, 0.25) is 0 Å². The van der Waals surface area contributed by atoms with Crippen LogP contribution >= 0.6 is 0 Å². The second-order valence-corrected chi connectivity index (χ2v) is 4.90. The van der Waals surface area contributed by atoms with Gasteiger partial charge in [-0.15, -0.1) is 0 Å². The van der Waals surface area contributed by atoms with E-state index in [-0.39, 0.29) is 25.2 Å². The van der Waals surface area contributed by atoms with E-state index in [2.05, 4.69) is 10.3 Å². The Morgan fingerprint density at radius 3 is 3.05 bits per heavy atom. The molecule has 7 heteroatoms. The maximum atomic E-state index is 11.7. The number of hydrogen-bond donors (Lipinski definition) is 2. The number of nitrogens with zero attached hydrogens (tertiary/aromatic N) is 2. The number of hydrogen-bond acceptors (Lipinski definition) is 6. The molecular formula is C14H17N3O4. The van der Waals surface area contributed by atoms with E-state index in [0.29, 0.717) is 24.0 Å². The van der Waals surface area contributed by atoms with Gasteiger partial charge in [-0.3, -0.25) is 10.1 Å². The molecule has 0 spiro atoms. The number of rotatable bonds is 4. The second kappa shape index (κ2) is 5.25. The highest BCUT2D eigenvalue weighted by molar-refractivity contribution is 6.07. The fraction of sp³-hybridized carbons (Fsp3) is 0.429. The Bertz CT molecular complexity index is 614. The van der Waals surface area contributed by atoms with Crippen LogP contribution in [0.15, 0.2) is 17.1 Å². The maximum Gasteiger partial charge on any atom is 0.249 e. The van der Waals surface area contributed by atoms with Gasteiger partial charge >= 0.3 is 0 Å². The summed E-state index contributed by atoms with van der Waals surface area (Å²) < 4.78 is 10.9. The third kappa shape index (κ3) is 2.19. The molecule has 1 unspecified atom stereocenters. The van der Waals surface area contributed by atoms with E-state index in [1.807, 2.05) is 17.9 Å². The Morgan fingerprint density at radius 2 is 2.33 bits per heavy atom. The Labute approximate surface area is 122 Å². The number of nitrogens with one attached hydrogen (secondary N) is 1. The number of amides is 1. The van der Waals surface area contributed by atoms with E-state index in [1.54, 1.807) is 13.2 Å². The lowest BCUT2D eigenvalue weighted by molar-refractivity contribution is -0.121. The summed E-state index contributed by atoms with van der Waals surface area (Å²) in [6, 6.07) is 3.32. The molecule has 1 aromatic carbocycles. The van der Waals surface area contributed by atoms with Gasteiger partial charge in [0.15, 0.2) is 11.5 Å². The van der Waals surface area contributed by atoms with Crippen molar-refractivity contribution in [3.63, 3.8) is 0 Å². The van der Waals surface area contributed by atoms with Crippen LogP contribution in [0, 0.1) is 0 Å². The van der Waals surface area contributed by atoms with Gasteiger partial charge in [-0.1, -0.05) is 0 Å². The molecule has 0 radical (unpaired) electrons. The first-order valence-electron chi connectivity index (χ1n) is 6.75. The number of benzene rings is 1. The summed E-state index contributed by atoms with van der Waals surface area (Å²) in [4.78, 5) is 18.1. The quantitative estimate of drug-likeness (QED) is 0.838. The van der Waals surface area contributed by atoms with Gasteiger partial charge in [0.1, 0.15) is 12.6 Å². The molecule has 2 aliphatic rings. The van der Waals surface area contributed by atoms with Gasteiger partial charge in [-0.05, 0) is 19.1 Å². The van der Waals surface area contributed by atoms with Crippen molar-refractivity contribution in [1.29, 1.82) is 0 Å². The van der Waals surface area contributed by atoms with Crippen LogP contribution in [0.5, 0.6) is 11.5 Å². The minimum atomic E-state index is -0.261. The molecule has 2 heterocycles. The number of methoxy groups -OCH3 is 1. The van der Waals surface area contributed by atoms with Crippen LogP contribution in [-0.2, 0) is 11.3 Å². The molecule has 0 bridgehead atoms. The van der Waals surface area contributed by atoms with Crippen molar-refractivity contribution in [2.75, 3.05) is 20.3 Å². The molecule has 7 nitrogen and oxygen atoms in total. The first-order valence-corrected chi connectivity index (χ1v) is 6.75. The highest BCUT2D eigenvalue weighted by Gasteiger charge is 2.37. The van der Waals surface area contributed by atoms with Gasteiger partial charge in [0.05, 0.1) is 25.9 Å². The van der Waals surface area contributed by atoms with E-state index in [0.717, 1.165) is 11.3 Å². The predicted molar refractivity (Wildman–Crippen MR) is 75.8 cm³/mol. The first kappa shape index (κ1) is 13.7. The second-order valence-electron chi connectivity index (χ2n) is 4.90. The molecule has 0 aliphatic carbocycles. The van der Waals surface area contributed by atoms with Crippen molar-refractivity contribution in [1.82, 2.24) is 10.2 Å². The maximum absolute atomic E-state index is 11.7. The van der Waals surface area contributed by atoms with E-state index in [9.17, 15) is 4.79 Å². The van der Waals surface area contributed by atoms with Crippen LogP contribution in [0.3, 0.4) is 0 Å². The lowest BCUT2D eigenvalue weighted by Crippen LogP contribution is -2.35. The van der Waals surface area contributed by atoms with Gasteiger partial charge < -0.3 is 19.5 Å². The topological polar surface area (TPSA) is 83.4 Å². The highest BCUT2D eigenvalue weighted by atomic mass is 16.5. The monoisotopic (exact) mass is 291 g/mol. The third-order valence-corrected chi connectivity index (χ3v) is 3.66. The van der Waals surface area contributed by atoms with Gasteiger partial charge in [0.2, 0.25) is 11.9 Å². The molecule has 3 rings (SSSR count). The average molecular weight is 291 g/mol. The van der Waals surface area contributed by atoms with Crippen LogP contribution in [-0.4, -0.2) is 48.2 Å². The summed E-state index contributed by atoms with van der Waals surface area (Å²) >= 11 is 0. The summed E-state index contributed by atoms with van der Waals surface area (Å²) in [6.45, 7) is 2.49. The number of carbonyl (C=O) groups is 1. The van der Waals surface area contributed by atoms with Gasteiger partial charge in [0, 0.05) is 5.56 Å². The molecule has 1 atom stereocenters. The minimum Gasteiger partial charge on any atom is -0.492 e. The van der Waals surface area contributed by atoms with Crippen LogP contribution in [0.1, 0.15) is 12.5 Å². The molecule has 1 fully saturated rings. The van der Waals surface area contributed by atoms with Crippen molar-refractivity contribution in [3.05, 3.63) is 17.7 Å². The number of guanidine groups is 1. The van der Waals surface area contributed by atoms with E-state index < -0.39 is 0 Å². The zero-order valence-corrected chi connectivity index (χ0v) is 11.9. The number of fused-ring (bicyclic) bond motifs is 2. The summed E-state index contributed by atoms with van der Waals surface area (Å²) in [6.07, 6.45) is 0. The Hall–Kier alpha value is -2.28. The first-order chi connectivity index (χ1) is 10.2. The number of aliphatic hydroxyl groups excluding tert-OH is 1. The predicted octanol–water partition coefficient (Wildman–Crippen LogP) is 0.388. The Kier molecular flexibility index (Phi) is 3.42. The SMILES string of the molecule is COc1c(OCCO)ccc2c1CN1C(=N2)NC(=O)C1C. The van der Waals surface area contributed by atoms with E-state index in [1.165, 1.54) is 0 Å². The molecule has 21 heavy (non-hydrogen) atoms. The molecule has 2 N–H and O–H groups in total. The number of aliphatic imine (C=N–C) groups is 1. The molecule has 1 aromatic rings. The van der Waals surface area contributed by atoms with E-state index in [4.69, 9.17) is 14.6 Å². The number of aliphatic hydroxyl groups is 1. The van der Waals surface area contributed by atoms with Gasteiger partial charge in [0.25, 0.3) is 0 Å². The smallest absolute Gasteiger partial charge is 0.249 e. The summed E-state index contributed by atoms with van der Waals surface area (Å²) in [5.74, 6) is 1.67. The molecule has 0 saturated carbocycles. The number of ether oxygens (including phenoxy) is 2. The van der Waals surface area contributed by atoms with E-state index >= 15 is 0 Å².